The summed E-state index contributed by atoms with van der Waals surface area (Å²) in [5, 5.41) is 20.0. The summed E-state index contributed by atoms with van der Waals surface area (Å²) in [5.41, 5.74) is 0. The summed E-state index contributed by atoms with van der Waals surface area (Å²) in [5.74, 6) is 0.522. The van der Waals surface area contributed by atoms with Crippen molar-refractivity contribution in [2.45, 2.75) is 26.2 Å². The third-order valence-electron chi connectivity index (χ3n) is 1.87. The van der Waals surface area contributed by atoms with E-state index < -0.39 is 0 Å². The number of nitriles is 1. The van der Waals surface area contributed by atoms with Crippen molar-refractivity contribution in [3.63, 3.8) is 0 Å². The molecule has 0 saturated heterocycles. The Kier molecular flexibility index (Phi) is 8.09. The first kappa shape index (κ1) is 11.4. The molecule has 0 saturated carbocycles. The van der Waals surface area contributed by atoms with Crippen LogP contribution in [0.4, 0.5) is 0 Å². The summed E-state index contributed by atoms with van der Waals surface area (Å²) < 4.78 is 0. The first-order chi connectivity index (χ1) is 5.85. The number of rotatable bonds is 7. The molecular weight excluding hydrogens is 152 g/mol. The highest BCUT2D eigenvalue weighted by Crippen LogP contribution is 2.08. The predicted molar refractivity (Wildman–Crippen MR) is 48.6 cm³/mol. The van der Waals surface area contributed by atoms with E-state index >= 15 is 0 Å². The lowest BCUT2D eigenvalue weighted by Gasteiger charge is -2.13. The van der Waals surface area contributed by atoms with E-state index in [0.29, 0.717) is 12.5 Å². The second-order valence-electron chi connectivity index (χ2n) is 2.96. The molecule has 0 aromatic carbocycles. The topological polar surface area (TPSA) is 56.0 Å². The maximum atomic E-state index is 8.73. The van der Waals surface area contributed by atoms with Crippen molar-refractivity contribution in [1.82, 2.24) is 5.32 Å². The van der Waals surface area contributed by atoms with Gasteiger partial charge in [-0.3, -0.25) is 0 Å². The Morgan fingerprint density at radius 2 is 2.25 bits per heavy atom. The van der Waals surface area contributed by atoms with E-state index in [9.17, 15) is 0 Å². The number of hydrogen-bond donors (Lipinski definition) is 2. The van der Waals surface area contributed by atoms with Gasteiger partial charge in [-0.2, -0.15) is 5.26 Å². The Morgan fingerprint density at radius 1 is 1.50 bits per heavy atom. The molecular formula is C9H18N2O. The molecule has 0 aliphatic carbocycles. The molecule has 0 aliphatic rings. The van der Waals surface area contributed by atoms with Crippen LogP contribution < -0.4 is 5.32 Å². The van der Waals surface area contributed by atoms with Crippen molar-refractivity contribution in [3.8, 4) is 6.07 Å². The Balaban J connectivity index is 3.42. The molecule has 0 fully saturated rings. The molecule has 0 aliphatic heterocycles. The molecule has 12 heavy (non-hydrogen) atoms. The normalized spacial score (nSPS) is 12.4. The maximum Gasteiger partial charge on any atom is 0.0841 e. The Hall–Kier alpha value is -0.590. The molecule has 1 unspecified atom stereocenters. The SMILES string of the molecule is CCCC(CCO)CNCC#N. The molecule has 0 rings (SSSR count). The molecule has 0 amide bonds. The second-order valence-corrected chi connectivity index (χ2v) is 2.96. The summed E-state index contributed by atoms with van der Waals surface area (Å²) in [6, 6.07) is 2.03. The lowest BCUT2D eigenvalue weighted by molar-refractivity contribution is 0.249. The zero-order valence-corrected chi connectivity index (χ0v) is 7.71. The van der Waals surface area contributed by atoms with Gasteiger partial charge in [-0.05, 0) is 25.3 Å². The zero-order chi connectivity index (χ0) is 9.23. The average molecular weight is 170 g/mol. The van der Waals surface area contributed by atoms with Gasteiger partial charge in [-0.15, -0.1) is 0 Å². The minimum absolute atomic E-state index is 0.249. The molecule has 70 valence electrons. The van der Waals surface area contributed by atoms with E-state index in [0.717, 1.165) is 25.8 Å². The van der Waals surface area contributed by atoms with Gasteiger partial charge in [0, 0.05) is 6.61 Å². The van der Waals surface area contributed by atoms with Crippen molar-refractivity contribution >= 4 is 0 Å². The van der Waals surface area contributed by atoms with Gasteiger partial charge in [0.25, 0.3) is 0 Å². The molecule has 3 heteroatoms. The second kappa shape index (κ2) is 8.51. The van der Waals surface area contributed by atoms with Crippen LogP contribution in [0.2, 0.25) is 0 Å². The van der Waals surface area contributed by atoms with Crippen LogP contribution in [0.25, 0.3) is 0 Å². The fourth-order valence-corrected chi connectivity index (χ4v) is 1.27. The molecule has 0 spiro atoms. The fraction of sp³-hybridized carbons (Fsp3) is 0.889. The smallest absolute Gasteiger partial charge is 0.0841 e. The van der Waals surface area contributed by atoms with Crippen molar-refractivity contribution in [3.05, 3.63) is 0 Å². The summed E-state index contributed by atoms with van der Waals surface area (Å²) in [6.07, 6.45) is 3.10. The predicted octanol–water partition coefficient (Wildman–Crippen LogP) is 0.898. The number of hydrogen-bond acceptors (Lipinski definition) is 3. The molecule has 0 heterocycles. The van der Waals surface area contributed by atoms with Crippen LogP contribution in [0.1, 0.15) is 26.2 Å². The Bertz CT molecular complexity index is 125. The third kappa shape index (κ3) is 6.14. The van der Waals surface area contributed by atoms with Gasteiger partial charge in [-0.25, -0.2) is 0 Å². The highest BCUT2D eigenvalue weighted by molar-refractivity contribution is 4.74. The van der Waals surface area contributed by atoms with Crippen molar-refractivity contribution in [1.29, 1.82) is 5.26 Å². The van der Waals surface area contributed by atoms with Gasteiger partial charge in [0.1, 0.15) is 0 Å². The van der Waals surface area contributed by atoms with E-state index in [1.165, 1.54) is 0 Å². The van der Waals surface area contributed by atoms with Crippen molar-refractivity contribution in [2.24, 2.45) is 5.92 Å². The summed E-state index contributed by atoms with van der Waals surface area (Å²) >= 11 is 0. The standard InChI is InChI=1S/C9H18N2O/c1-2-3-9(4-7-12)8-11-6-5-10/h9,11-12H,2-4,6-8H2,1H3. The van der Waals surface area contributed by atoms with Crippen LogP contribution in [-0.2, 0) is 0 Å². The van der Waals surface area contributed by atoms with Gasteiger partial charge in [-0.1, -0.05) is 13.3 Å². The van der Waals surface area contributed by atoms with Crippen LogP contribution in [0.5, 0.6) is 0 Å². The summed E-state index contributed by atoms with van der Waals surface area (Å²) in [6.45, 7) is 3.64. The van der Waals surface area contributed by atoms with E-state index in [4.69, 9.17) is 10.4 Å². The third-order valence-corrected chi connectivity index (χ3v) is 1.87. The van der Waals surface area contributed by atoms with Crippen LogP contribution >= 0.6 is 0 Å². The molecule has 0 radical (unpaired) electrons. The molecule has 0 aromatic rings. The monoisotopic (exact) mass is 170 g/mol. The maximum absolute atomic E-state index is 8.73. The lowest BCUT2D eigenvalue weighted by Crippen LogP contribution is -2.23. The minimum atomic E-state index is 0.249. The van der Waals surface area contributed by atoms with Crippen molar-refractivity contribution in [2.75, 3.05) is 19.7 Å². The lowest BCUT2D eigenvalue weighted by atomic mass is 10.0. The molecule has 0 aromatic heterocycles. The first-order valence-corrected chi connectivity index (χ1v) is 4.53. The summed E-state index contributed by atoms with van der Waals surface area (Å²) in [7, 11) is 0. The molecule has 0 bridgehead atoms. The van der Waals surface area contributed by atoms with Gasteiger partial charge in [0.05, 0.1) is 12.6 Å². The summed E-state index contributed by atoms with van der Waals surface area (Å²) in [4.78, 5) is 0. The minimum Gasteiger partial charge on any atom is -0.396 e. The van der Waals surface area contributed by atoms with Gasteiger partial charge < -0.3 is 10.4 Å². The van der Waals surface area contributed by atoms with E-state index in [1.807, 2.05) is 6.07 Å². The Morgan fingerprint density at radius 3 is 2.75 bits per heavy atom. The van der Waals surface area contributed by atoms with Crippen LogP contribution in [0.15, 0.2) is 0 Å². The number of nitrogens with zero attached hydrogens (tertiary/aromatic N) is 1. The quantitative estimate of drug-likeness (QED) is 0.441. The van der Waals surface area contributed by atoms with E-state index in [1.54, 1.807) is 0 Å². The van der Waals surface area contributed by atoms with Gasteiger partial charge >= 0.3 is 0 Å². The highest BCUT2D eigenvalue weighted by Gasteiger charge is 2.05. The Labute approximate surface area is 74.4 Å². The molecule has 3 nitrogen and oxygen atoms in total. The van der Waals surface area contributed by atoms with E-state index in [2.05, 4.69) is 12.2 Å². The van der Waals surface area contributed by atoms with Crippen molar-refractivity contribution < 1.29 is 5.11 Å². The van der Waals surface area contributed by atoms with Gasteiger partial charge in [0.15, 0.2) is 0 Å². The largest absolute Gasteiger partial charge is 0.396 e. The van der Waals surface area contributed by atoms with Crippen LogP contribution in [0.3, 0.4) is 0 Å². The van der Waals surface area contributed by atoms with Crippen LogP contribution in [0, 0.1) is 17.2 Å². The molecule has 2 N–H and O–H groups in total. The first-order valence-electron chi connectivity index (χ1n) is 4.53. The highest BCUT2D eigenvalue weighted by atomic mass is 16.3. The van der Waals surface area contributed by atoms with E-state index in [-0.39, 0.29) is 6.61 Å². The number of nitrogens with one attached hydrogen (secondary N) is 1. The number of aliphatic hydroxyl groups is 1. The zero-order valence-electron chi connectivity index (χ0n) is 7.71. The van der Waals surface area contributed by atoms with Gasteiger partial charge in [0.2, 0.25) is 0 Å². The number of aliphatic hydroxyl groups excluding tert-OH is 1. The fourth-order valence-electron chi connectivity index (χ4n) is 1.27. The van der Waals surface area contributed by atoms with Crippen LogP contribution in [-0.4, -0.2) is 24.8 Å². The molecule has 1 atom stereocenters. The average Bonchev–Trinajstić information content (AvgIpc) is 2.06.